The molecule has 1 aliphatic rings. The van der Waals surface area contributed by atoms with Crippen molar-refractivity contribution in [3.8, 4) is 0 Å². The summed E-state index contributed by atoms with van der Waals surface area (Å²) in [4.78, 5) is 12.4. The minimum atomic E-state index is -1.16. The molecular formula is C19H26N4O2. The quantitative estimate of drug-likeness (QED) is 0.754. The van der Waals surface area contributed by atoms with E-state index < -0.39 is 5.60 Å². The highest BCUT2D eigenvalue weighted by Gasteiger charge is 2.30. The van der Waals surface area contributed by atoms with Gasteiger partial charge in [0.1, 0.15) is 5.60 Å². The van der Waals surface area contributed by atoms with Gasteiger partial charge in [0.05, 0.1) is 18.8 Å². The van der Waals surface area contributed by atoms with Gasteiger partial charge >= 0.3 is 6.03 Å². The fourth-order valence-electron chi connectivity index (χ4n) is 3.15. The molecule has 1 saturated carbocycles. The zero-order valence-corrected chi connectivity index (χ0v) is 14.8. The Hall–Kier alpha value is -2.34. The molecule has 0 bridgehead atoms. The molecule has 134 valence electrons. The molecular weight excluding hydrogens is 316 g/mol. The monoisotopic (exact) mass is 342 g/mol. The van der Waals surface area contributed by atoms with Crippen LogP contribution in [0.15, 0.2) is 42.7 Å². The second-order valence-corrected chi connectivity index (χ2v) is 7.08. The van der Waals surface area contributed by atoms with Crippen LogP contribution < -0.4 is 10.6 Å². The maximum absolute atomic E-state index is 12.4. The Morgan fingerprint density at radius 3 is 2.68 bits per heavy atom. The number of aromatic nitrogens is 2. The van der Waals surface area contributed by atoms with E-state index >= 15 is 0 Å². The number of nitrogens with one attached hydrogen (secondary N) is 2. The van der Waals surface area contributed by atoms with E-state index in [0.717, 1.165) is 18.4 Å². The Bertz CT molecular complexity index is 707. The van der Waals surface area contributed by atoms with Gasteiger partial charge in [0.25, 0.3) is 0 Å². The van der Waals surface area contributed by atoms with Crippen LogP contribution in [0, 0.1) is 5.92 Å². The van der Waals surface area contributed by atoms with Gasteiger partial charge in [-0.3, -0.25) is 4.68 Å². The largest absolute Gasteiger partial charge is 0.383 e. The van der Waals surface area contributed by atoms with Crippen LogP contribution in [-0.4, -0.2) is 27.5 Å². The number of carbonyl (C=O) groups is 1. The summed E-state index contributed by atoms with van der Waals surface area (Å²) >= 11 is 0. The van der Waals surface area contributed by atoms with Crippen LogP contribution in [0.3, 0.4) is 0 Å². The summed E-state index contributed by atoms with van der Waals surface area (Å²) in [5.41, 5.74) is 0.639. The summed E-state index contributed by atoms with van der Waals surface area (Å²) in [6.45, 7) is 1.79. The van der Waals surface area contributed by atoms with Gasteiger partial charge in [-0.2, -0.15) is 5.10 Å². The summed E-state index contributed by atoms with van der Waals surface area (Å²) in [5, 5.41) is 20.5. The lowest BCUT2D eigenvalue weighted by Gasteiger charge is -2.35. The molecule has 1 aromatic heterocycles. The van der Waals surface area contributed by atoms with Gasteiger partial charge in [0.2, 0.25) is 0 Å². The zero-order valence-electron chi connectivity index (χ0n) is 14.8. The lowest BCUT2D eigenvalue weighted by atomic mass is 9.77. The van der Waals surface area contributed by atoms with Crippen molar-refractivity contribution in [3.05, 3.63) is 53.9 Å². The van der Waals surface area contributed by atoms with Gasteiger partial charge in [-0.25, -0.2) is 4.79 Å². The lowest BCUT2D eigenvalue weighted by molar-refractivity contribution is 0.0589. The summed E-state index contributed by atoms with van der Waals surface area (Å²) < 4.78 is 1.63. The van der Waals surface area contributed by atoms with E-state index in [1.54, 1.807) is 31.0 Å². The number of amides is 2. The van der Waals surface area contributed by atoms with E-state index in [4.69, 9.17) is 0 Å². The molecule has 1 heterocycles. The molecule has 6 heteroatoms. The maximum Gasteiger partial charge on any atom is 0.315 e. The normalized spacial score (nSPS) is 18.0. The van der Waals surface area contributed by atoms with Crippen molar-refractivity contribution in [2.24, 2.45) is 13.0 Å². The van der Waals surface area contributed by atoms with Gasteiger partial charge < -0.3 is 15.7 Å². The predicted octanol–water partition coefficient (Wildman–Crippen LogP) is 2.47. The van der Waals surface area contributed by atoms with Gasteiger partial charge in [-0.05, 0) is 31.2 Å². The van der Waals surface area contributed by atoms with Gasteiger partial charge in [-0.15, -0.1) is 0 Å². The highest BCUT2D eigenvalue weighted by molar-refractivity contribution is 5.74. The Labute approximate surface area is 148 Å². The first-order valence-electron chi connectivity index (χ1n) is 8.76. The fourth-order valence-corrected chi connectivity index (χ4v) is 3.15. The number of rotatable bonds is 6. The number of urea groups is 1. The zero-order chi connectivity index (χ0) is 17.9. The van der Waals surface area contributed by atoms with E-state index in [2.05, 4.69) is 27.9 Å². The molecule has 0 spiro atoms. The van der Waals surface area contributed by atoms with Crippen LogP contribution >= 0.6 is 0 Å². The molecule has 2 aromatic rings. The third kappa shape index (κ3) is 4.20. The van der Waals surface area contributed by atoms with Crippen molar-refractivity contribution >= 4 is 6.03 Å². The van der Waals surface area contributed by atoms with Crippen LogP contribution in [0.4, 0.5) is 4.79 Å². The molecule has 2 atom stereocenters. The number of aliphatic hydroxyl groups is 1. The topological polar surface area (TPSA) is 79.2 Å². The lowest BCUT2D eigenvalue weighted by Crippen LogP contribution is -2.46. The van der Waals surface area contributed by atoms with Crippen molar-refractivity contribution in [3.63, 3.8) is 0 Å². The van der Waals surface area contributed by atoms with Crippen molar-refractivity contribution in [2.45, 2.75) is 37.8 Å². The van der Waals surface area contributed by atoms with Gasteiger partial charge in [0, 0.05) is 18.8 Å². The van der Waals surface area contributed by atoms with Gasteiger partial charge in [0.15, 0.2) is 0 Å². The maximum atomic E-state index is 12.4. The molecule has 25 heavy (non-hydrogen) atoms. The van der Waals surface area contributed by atoms with Crippen LogP contribution in [-0.2, 0) is 12.6 Å². The van der Waals surface area contributed by atoms with Crippen molar-refractivity contribution in [1.82, 2.24) is 20.4 Å². The van der Waals surface area contributed by atoms with E-state index in [-0.39, 0.29) is 18.6 Å². The minimum absolute atomic E-state index is 0.0123. The number of nitrogens with zero attached hydrogens (tertiary/aromatic N) is 2. The van der Waals surface area contributed by atoms with E-state index in [9.17, 15) is 9.90 Å². The van der Waals surface area contributed by atoms with Crippen molar-refractivity contribution in [1.29, 1.82) is 0 Å². The van der Waals surface area contributed by atoms with E-state index in [1.165, 1.54) is 6.42 Å². The molecule has 0 saturated heterocycles. The fraction of sp³-hybridized carbons (Fsp3) is 0.474. The second-order valence-electron chi connectivity index (χ2n) is 7.08. The highest BCUT2D eigenvalue weighted by atomic mass is 16.3. The first kappa shape index (κ1) is 17.5. The Kier molecular flexibility index (Phi) is 5.08. The smallest absolute Gasteiger partial charge is 0.315 e. The standard InChI is InChI=1S/C19H26N4O2/c1-19(25,16-11-21-23(2)12-16)13-20-18(24)22-17(15-9-6-10-15)14-7-4-3-5-8-14/h3-5,7-8,11-12,15,17,25H,6,9-10,13H2,1-2H3,(H2,20,22,24). The first-order valence-corrected chi connectivity index (χ1v) is 8.76. The van der Waals surface area contributed by atoms with Crippen LogP contribution in [0.5, 0.6) is 0 Å². The predicted molar refractivity (Wildman–Crippen MR) is 95.8 cm³/mol. The number of carbonyl (C=O) groups excluding carboxylic acids is 1. The average molecular weight is 342 g/mol. The number of benzene rings is 1. The molecule has 2 amide bonds. The summed E-state index contributed by atoms with van der Waals surface area (Å²) in [7, 11) is 1.79. The third-order valence-electron chi connectivity index (χ3n) is 4.99. The van der Waals surface area contributed by atoms with Crippen LogP contribution in [0.2, 0.25) is 0 Å². The van der Waals surface area contributed by atoms with E-state index in [0.29, 0.717) is 11.5 Å². The number of hydrogen-bond donors (Lipinski definition) is 3. The molecule has 1 aromatic carbocycles. The van der Waals surface area contributed by atoms with Crippen LogP contribution in [0.25, 0.3) is 0 Å². The molecule has 2 unspecified atom stereocenters. The summed E-state index contributed by atoms with van der Waals surface area (Å²) in [6.07, 6.45) is 6.84. The first-order chi connectivity index (χ1) is 12.0. The Morgan fingerprint density at radius 1 is 1.40 bits per heavy atom. The SMILES string of the molecule is Cn1cc(C(C)(O)CNC(=O)NC(c2ccccc2)C2CCC2)cn1. The van der Waals surface area contributed by atoms with Crippen molar-refractivity contribution < 1.29 is 9.90 Å². The molecule has 3 rings (SSSR count). The van der Waals surface area contributed by atoms with Crippen molar-refractivity contribution in [2.75, 3.05) is 6.54 Å². The summed E-state index contributed by atoms with van der Waals surface area (Å²) in [5.74, 6) is 0.479. The Morgan fingerprint density at radius 2 is 2.12 bits per heavy atom. The molecule has 1 aliphatic carbocycles. The molecule has 3 N–H and O–H groups in total. The number of aryl methyl sites for hydroxylation is 1. The summed E-state index contributed by atoms with van der Waals surface area (Å²) in [6, 6.07) is 9.82. The molecule has 1 fully saturated rings. The molecule has 6 nitrogen and oxygen atoms in total. The Balaban J connectivity index is 1.60. The number of hydrogen-bond acceptors (Lipinski definition) is 3. The minimum Gasteiger partial charge on any atom is -0.383 e. The second kappa shape index (κ2) is 7.27. The molecule has 0 radical (unpaired) electrons. The van der Waals surface area contributed by atoms with Crippen LogP contribution in [0.1, 0.15) is 43.4 Å². The van der Waals surface area contributed by atoms with E-state index in [1.807, 2.05) is 18.2 Å². The van der Waals surface area contributed by atoms with Gasteiger partial charge in [-0.1, -0.05) is 36.8 Å². The molecule has 0 aliphatic heterocycles. The third-order valence-corrected chi connectivity index (χ3v) is 4.99. The average Bonchev–Trinajstić information content (AvgIpc) is 2.99. The highest BCUT2D eigenvalue weighted by Crippen LogP contribution is 2.37.